The number of nitrogens with one attached hydrogen (secondary N) is 3. The average molecular weight is 753 g/mol. The number of halogens is 1. The number of thioether (sulfide) groups is 1. The summed E-state index contributed by atoms with van der Waals surface area (Å²) in [4.78, 5) is 38.8. The van der Waals surface area contributed by atoms with E-state index in [1.165, 1.54) is 22.7 Å². The van der Waals surface area contributed by atoms with Crippen molar-refractivity contribution in [3.63, 3.8) is 0 Å². The lowest BCUT2D eigenvalue weighted by atomic mass is 9.98. The zero-order valence-corrected chi connectivity index (χ0v) is 31.6. The first-order valence-electron chi connectivity index (χ1n) is 17.5. The summed E-state index contributed by atoms with van der Waals surface area (Å²) in [7, 11) is -4.20. The minimum atomic E-state index is -4.20. The van der Waals surface area contributed by atoms with Crippen LogP contribution >= 0.6 is 19.4 Å². The first kappa shape index (κ1) is 39.4. The molecule has 1 saturated heterocycles. The van der Waals surface area contributed by atoms with Crippen LogP contribution in [0.3, 0.4) is 0 Å². The number of alkyl halides is 1. The van der Waals surface area contributed by atoms with Crippen LogP contribution in [0.2, 0.25) is 0 Å². The predicted octanol–water partition coefficient (Wildman–Crippen LogP) is 3.60. The Bertz CT molecular complexity index is 1690. The van der Waals surface area contributed by atoms with Crippen molar-refractivity contribution in [3.05, 3.63) is 6.33 Å². The van der Waals surface area contributed by atoms with Gasteiger partial charge in [-0.2, -0.15) is 9.97 Å². The van der Waals surface area contributed by atoms with Crippen LogP contribution in [0.1, 0.15) is 73.3 Å². The normalized spacial score (nSPS) is 27.9. The van der Waals surface area contributed by atoms with E-state index in [-0.39, 0.29) is 54.2 Å². The number of nitrogen functional groups attached to an aromatic ring is 1. The summed E-state index contributed by atoms with van der Waals surface area (Å²) >= 11 is 1.17. The summed E-state index contributed by atoms with van der Waals surface area (Å²) in [5, 5.41) is 20.3. The van der Waals surface area contributed by atoms with Gasteiger partial charge in [0.1, 0.15) is 24.3 Å². The lowest BCUT2D eigenvalue weighted by molar-refractivity contribution is -0.145. The Morgan fingerprint density at radius 2 is 1.96 bits per heavy atom. The van der Waals surface area contributed by atoms with Gasteiger partial charge < -0.3 is 34.7 Å². The third kappa shape index (κ3) is 8.07. The fourth-order valence-electron chi connectivity index (χ4n) is 6.67. The molecule has 2 aromatic heterocycles. The molecule has 3 aliphatic rings. The van der Waals surface area contributed by atoms with E-state index in [9.17, 15) is 19.3 Å². The molecule has 6 N–H and O–H groups in total. The summed E-state index contributed by atoms with van der Waals surface area (Å²) in [5.74, 6) is 2.37. The molecule has 0 radical (unpaired) electrons. The summed E-state index contributed by atoms with van der Waals surface area (Å²) < 4.78 is 50.1. The maximum Gasteiger partial charge on any atom is 0.341 e. The third-order valence-corrected chi connectivity index (χ3v) is 11.9. The molecule has 51 heavy (non-hydrogen) atoms. The molecule has 15 nitrogen and oxygen atoms in total. The number of hydrogen-bond acceptors (Lipinski definition) is 13. The molecule has 0 amide bonds. The first-order valence-corrected chi connectivity index (χ1v) is 20.1. The number of aliphatic hydroxyl groups is 1. The van der Waals surface area contributed by atoms with Gasteiger partial charge in [-0.25, -0.2) is 19.5 Å². The number of aliphatic hydroxyl groups excluding tert-OH is 1. The van der Waals surface area contributed by atoms with Crippen molar-refractivity contribution in [2.24, 2.45) is 17.8 Å². The highest BCUT2D eigenvalue weighted by Gasteiger charge is 2.90. The van der Waals surface area contributed by atoms with Crippen LogP contribution in [0.15, 0.2) is 6.33 Å². The quantitative estimate of drug-likeness (QED) is 0.0790. The molecule has 0 bridgehead atoms. The number of ether oxygens (including phenoxy) is 2. The molecule has 1 aliphatic heterocycles. The van der Waals surface area contributed by atoms with Gasteiger partial charge in [-0.05, 0) is 50.2 Å². The van der Waals surface area contributed by atoms with Gasteiger partial charge >= 0.3 is 13.6 Å². The zero-order chi connectivity index (χ0) is 37.3. The second kappa shape index (κ2) is 15.6. The van der Waals surface area contributed by atoms with Crippen LogP contribution < -0.4 is 21.2 Å². The van der Waals surface area contributed by atoms with Crippen molar-refractivity contribution in [1.82, 2.24) is 29.7 Å². The fraction of sp³-hybridized carbons (Fsp3) is 0.727. The van der Waals surface area contributed by atoms with E-state index in [0.717, 1.165) is 12.8 Å². The number of imidazole rings is 1. The van der Waals surface area contributed by atoms with Gasteiger partial charge in [0.05, 0.1) is 19.5 Å². The number of rotatable bonds is 19. The Balaban J connectivity index is 1.37. The van der Waals surface area contributed by atoms with Gasteiger partial charge in [0.15, 0.2) is 27.7 Å². The van der Waals surface area contributed by atoms with Crippen LogP contribution in [-0.4, -0.2) is 96.8 Å². The maximum absolute atomic E-state index is 16.9. The van der Waals surface area contributed by atoms with Crippen molar-refractivity contribution in [2.45, 2.75) is 109 Å². The van der Waals surface area contributed by atoms with E-state index in [0.29, 0.717) is 23.5 Å². The molecule has 2 aliphatic carbocycles. The number of anilines is 2. The topological polar surface area (TPSA) is 205 Å². The minimum Gasteiger partial charge on any atom is -0.465 e. The monoisotopic (exact) mass is 752 g/mol. The molecule has 8 atom stereocenters. The minimum absolute atomic E-state index is 0.00272. The Morgan fingerprint density at radius 1 is 1.25 bits per heavy atom. The van der Waals surface area contributed by atoms with E-state index < -0.39 is 61.7 Å². The van der Waals surface area contributed by atoms with Gasteiger partial charge in [0.2, 0.25) is 11.6 Å². The van der Waals surface area contributed by atoms with E-state index in [2.05, 4.69) is 36.4 Å². The summed E-state index contributed by atoms with van der Waals surface area (Å²) in [6.45, 7) is 10.8. The zero-order valence-electron chi connectivity index (χ0n) is 29.9. The van der Waals surface area contributed by atoms with Crippen molar-refractivity contribution >= 4 is 53.4 Å². The molecule has 18 heteroatoms. The largest absolute Gasteiger partial charge is 0.465 e. The number of nitrogens with two attached hydrogens (primary N) is 1. The highest BCUT2D eigenvalue weighted by atomic mass is 32.2. The van der Waals surface area contributed by atoms with E-state index in [1.807, 2.05) is 34.6 Å². The summed E-state index contributed by atoms with van der Waals surface area (Å²) in [6.07, 6.45) is 6.80. The molecule has 3 heterocycles. The number of fused-ring (bicyclic) bond motifs is 2. The molecule has 2 aromatic rings. The second-order valence-corrected chi connectivity index (χ2v) is 17.4. The van der Waals surface area contributed by atoms with Crippen molar-refractivity contribution in [2.75, 3.05) is 36.6 Å². The molecular formula is C33H50FN8O7PS. The average Bonchev–Trinajstić information content (AvgIpc) is 3.90. The number of esters is 1. The fourth-order valence-corrected chi connectivity index (χ4v) is 9.06. The molecule has 3 fully saturated rings. The Morgan fingerprint density at radius 3 is 2.55 bits per heavy atom. The molecule has 2 saturated carbocycles. The van der Waals surface area contributed by atoms with E-state index in [4.69, 9.17) is 26.2 Å². The third-order valence-electron chi connectivity index (χ3n) is 9.18. The van der Waals surface area contributed by atoms with Crippen LogP contribution in [0.4, 0.5) is 16.2 Å². The number of carbonyl (C=O) groups is 2. The lowest BCUT2D eigenvalue weighted by Crippen LogP contribution is -2.43. The van der Waals surface area contributed by atoms with E-state index >= 15 is 4.39 Å². The number of carbonyl (C=O) groups excluding carboxylic acids is 2. The van der Waals surface area contributed by atoms with Crippen LogP contribution in [-0.2, 0) is 28.2 Å². The SMILES string of the molecule is C#CC12O[C@H](COP(=O)(NCC(CC(C)C)C(=O)SCC)N[C@H](CC(C)C)C(=O)OCC)C(O)C1(F)[C@@H]2n1cnc2c(NC3CC3)nc(N)nc21. The number of nitrogens with zero attached hydrogens (tertiary/aromatic N) is 4. The molecule has 0 aromatic carbocycles. The number of aromatic nitrogens is 4. The Kier molecular flexibility index (Phi) is 12.1. The van der Waals surface area contributed by atoms with Crippen LogP contribution in [0, 0.1) is 30.1 Å². The van der Waals surface area contributed by atoms with Crippen molar-refractivity contribution in [3.8, 4) is 12.3 Å². The molecule has 5 unspecified atom stereocenters. The second-order valence-electron chi connectivity index (χ2n) is 14.2. The van der Waals surface area contributed by atoms with Crippen LogP contribution in [0.5, 0.6) is 0 Å². The number of terminal acetylenes is 1. The van der Waals surface area contributed by atoms with Crippen molar-refractivity contribution in [1.29, 1.82) is 0 Å². The van der Waals surface area contributed by atoms with Gasteiger partial charge in [-0.1, -0.05) is 52.3 Å². The number of hydrogen-bond donors (Lipinski definition) is 5. The standard InChI is InChI=1S/C33H50FN8O7PS/c1-8-32-30(42-17-36-24-26(38-21-11-12-21)39-31(35)40-27(24)42)33(32,34)25(43)23(49-32)16-48-50(46,41-22(14-19(6)7)28(44)47-9-2)37-15-20(13-18(4)5)29(45)51-10-3/h1,17-23,25,30,43H,9-16H2,2-7H3,(H2,37,41,46)(H3,35,38,39,40)/t20?,22-,23-,25?,30-,32?,33?,50?/m1/s1. The molecular weight excluding hydrogens is 702 g/mol. The highest BCUT2D eigenvalue weighted by molar-refractivity contribution is 8.13. The van der Waals surface area contributed by atoms with Gasteiger partial charge in [-0.3, -0.25) is 14.2 Å². The van der Waals surface area contributed by atoms with Gasteiger partial charge in [0, 0.05) is 18.5 Å². The summed E-state index contributed by atoms with van der Waals surface area (Å²) in [6, 6.07) is -2.01. The van der Waals surface area contributed by atoms with Gasteiger partial charge in [-0.15, -0.1) is 6.42 Å². The molecule has 0 spiro atoms. The molecule has 5 rings (SSSR count). The van der Waals surface area contributed by atoms with Crippen molar-refractivity contribution < 1.29 is 37.6 Å². The first-order chi connectivity index (χ1) is 24.1. The van der Waals surface area contributed by atoms with E-state index in [1.54, 1.807) is 6.92 Å². The van der Waals surface area contributed by atoms with Gasteiger partial charge in [0.25, 0.3) is 0 Å². The highest BCUT2D eigenvalue weighted by Crippen LogP contribution is 2.70. The summed E-state index contributed by atoms with van der Waals surface area (Å²) in [5.41, 5.74) is 2.16. The lowest BCUT2D eigenvalue weighted by Gasteiger charge is -2.29. The van der Waals surface area contributed by atoms with Crippen LogP contribution in [0.25, 0.3) is 11.2 Å². The Labute approximate surface area is 302 Å². The maximum atomic E-state index is 16.9. The molecule has 282 valence electrons. The Hall–Kier alpha value is -2.84. The predicted molar refractivity (Wildman–Crippen MR) is 192 cm³/mol. The smallest absolute Gasteiger partial charge is 0.341 e.